The maximum absolute atomic E-state index is 4.91. The van der Waals surface area contributed by atoms with Gasteiger partial charge in [0.1, 0.15) is 5.75 Å². The Bertz CT molecular complexity index is 448. The summed E-state index contributed by atoms with van der Waals surface area (Å²) in [5.74, 6) is 0.910. The molecule has 0 amide bonds. The van der Waals surface area contributed by atoms with Gasteiger partial charge in [-0.25, -0.2) is 0 Å². The van der Waals surface area contributed by atoms with E-state index in [0.29, 0.717) is 0 Å². The van der Waals surface area contributed by atoms with Gasteiger partial charge in [-0.2, -0.15) is 0 Å². The number of hydrogen-bond donors (Lipinski definition) is 0. The Morgan fingerprint density at radius 1 is 0.895 bits per heavy atom. The Balaban J connectivity index is 0.000000200. The van der Waals surface area contributed by atoms with Crippen molar-refractivity contribution in [1.82, 2.24) is 0 Å². The maximum atomic E-state index is 4.91. The van der Waals surface area contributed by atoms with Gasteiger partial charge in [0.25, 0.3) is 0 Å². The van der Waals surface area contributed by atoms with E-state index in [9.17, 15) is 0 Å². The maximum Gasteiger partial charge on any atom is 0.118 e. The highest BCUT2D eigenvalue weighted by Gasteiger charge is 1.94. The fraction of sp³-hybridized carbons (Fsp3) is 0.333. The van der Waals surface area contributed by atoms with Crippen LogP contribution in [0.15, 0.2) is 54.6 Å². The van der Waals surface area contributed by atoms with E-state index in [-0.39, 0.29) is 0 Å². The van der Waals surface area contributed by atoms with E-state index >= 15 is 0 Å². The lowest BCUT2D eigenvalue weighted by Crippen LogP contribution is -1.87. The molecule has 102 valence electrons. The van der Waals surface area contributed by atoms with Gasteiger partial charge in [0, 0.05) is 0 Å². The SMILES string of the molecule is CCCCc1ccccc1C.COc1ccccc1. The number of ether oxygens (including phenoxy) is 1. The second-order valence-electron chi connectivity index (χ2n) is 4.55. The van der Waals surface area contributed by atoms with Gasteiger partial charge >= 0.3 is 0 Å². The summed E-state index contributed by atoms with van der Waals surface area (Å²) in [6.45, 7) is 4.42. The fourth-order valence-corrected chi connectivity index (χ4v) is 1.81. The third kappa shape index (κ3) is 6.10. The zero-order valence-corrected chi connectivity index (χ0v) is 12.2. The standard InChI is InChI=1S/C11H16.C7H8O/c1-3-4-8-11-9-6-5-7-10(11)2;1-8-7-5-3-2-4-6-7/h5-7,9H,3-4,8H2,1-2H3;2-6H,1H3. The summed E-state index contributed by atoms with van der Waals surface area (Å²) in [5, 5.41) is 0. The fourth-order valence-electron chi connectivity index (χ4n) is 1.81. The number of para-hydroxylation sites is 1. The van der Waals surface area contributed by atoms with E-state index in [1.54, 1.807) is 7.11 Å². The topological polar surface area (TPSA) is 9.23 Å². The highest BCUT2D eigenvalue weighted by atomic mass is 16.5. The quantitative estimate of drug-likeness (QED) is 0.745. The first-order valence-electron chi connectivity index (χ1n) is 6.91. The minimum absolute atomic E-state index is 0.910. The van der Waals surface area contributed by atoms with Crippen molar-refractivity contribution in [2.75, 3.05) is 7.11 Å². The molecule has 0 fully saturated rings. The van der Waals surface area contributed by atoms with Gasteiger partial charge in [-0.15, -0.1) is 0 Å². The molecular weight excluding hydrogens is 232 g/mol. The smallest absolute Gasteiger partial charge is 0.118 e. The van der Waals surface area contributed by atoms with E-state index in [2.05, 4.69) is 38.1 Å². The van der Waals surface area contributed by atoms with Crippen molar-refractivity contribution in [3.05, 3.63) is 65.7 Å². The molecule has 2 rings (SSSR count). The summed E-state index contributed by atoms with van der Waals surface area (Å²) < 4.78 is 4.91. The van der Waals surface area contributed by atoms with Gasteiger partial charge in [0.05, 0.1) is 7.11 Å². The average Bonchev–Trinajstić information content (AvgIpc) is 2.48. The van der Waals surface area contributed by atoms with Crippen LogP contribution >= 0.6 is 0 Å². The second-order valence-corrected chi connectivity index (χ2v) is 4.55. The Morgan fingerprint density at radius 3 is 2.05 bits per heavy atom. The van der Waals surface area contributed by atoms with Crippen LogP contribution in [0.5, 0.6) is 5.75 Å². The lowest BCUT2D eigenvalue weighted by molar-refractivity contribution is 0.415. The molecule has 0 N–H and O–H groups in total. The predicted molar refractivity (Wildman–Crippen MR) is 82.8 cm³/mol. The zero-order valence-electron chi connectivity index (χ0n) is 12.2. The molecule has 0 aliphatic carbocycles. The highest BCUT2D eigenvalue weighted by Crippen LogP contribution is 2.10. The number of methoxy groups -OCH3 is 1. The summed E-state index contributed by atoms with van der Waals surface area (Å²) in [6, 6.07) is 18.3. The van der Waals surface area contributed by atoms with Crippen LogP contribution in [0.1, 0.15) is 30.9 Å². The molecule has 1 nitrogen and oxygen atoms in total. The van der Waals surface area contributed by atoms with Crippen LogP contribution in [0.2, 0.25) is 0 Å². The third-order valence-corrected chi connectivity index (χ3v) is 3.04. The molecule has 2 aromatic carbocycles. The molecule has 0 saturated carbocycles. The molecule has 1 heteroatoms. The molecule has 0 aliphatic rings. The summed E-state index contributed by atoms with van der Waals surface area (Å²) in [4.78, 5) is 0. The monoisotopic (exact) mass is 256 g/mol. The van der Waals surface area contributed by atoms with Crippen molar-refractivity contribution in [1.29, 1.82) is 0 Å². The number of benzene rings is 2. The van der Waals surface area contributed by atoms with Gasteiger partial charge in [-0.3, -0.25) is 0 Å². The van der Waals surface area contributed by atoms with Crippen molar-refractivity contribution in [3.63, 3.8) is 0 Å². The van der Waals surface area contributed by atoms with Gasteiger partial charge in [-0.1, -0.05) is 55.8 Å². The number of aryl methyl sites for hydroxylation is 2. The zero-order chi connectivity index (χ0) is 13.9. The van der Waals surface area contributed by atoms with Gasteiger partial charge < -0.3 is 4.74 Å². The lowest BCUT2D eigenvalue weighted by Gasteiger charge is -2.02. The van der Waals surface area contributed by atoms with Gasteiger partial charge in [-0.05, 0) is 43.0 Å². The molecule has 0 heterocycles. The summed E-state index contributed by atoms with van der Waals surface area (Å²) in [6.07, 6.45) is 3.84. The number of hydrogen-bond acceptors (Lipinski definition) is 1. The first kappa shape index (κ1) is 15.3. The van der Waals surface area contributed by atoms with Crippen molar-refractivity contribution in [3.8, 4) is 5.75 Å². The molecule has 0 saturated heterocycles. The van der Waals surface area contributed by atoms with Crippen molar-refractivity contribution in [2.24, 2.45) is 0 Å². The second kappa shape index (κ2) is 9.21. The Morgan fingerprint density at radius 2 is 1.53 bits per heavy atom. The van der Waals surface area contributed by atoms with Gasteiger partial charge in [0.2, 0.25) is 0 Å². The van der Waals surface area contributed by atoms with Crippen molar-refractivity contribution >= 4 is 0 Å². The van der Waals surface area contributed by atoms with Crippen LogP contribution in [0.25, 0.3) is 0 Å². The van der Waals surface area contributed by atoms with E-state index in [1.807, 2.05) is 30.3 Å². The molecule has 19 heavy (non-hydrogen) atoms. The van der Waals surface area contributed by atoms with Crippen LogP contribution in [-0.4, -0.2) is 7.11 Å². The minimum Gasteiger partial charge on any atom is -0.497 e. The van der Waals surface area contributed by atoms with E-state index in [4.69, 9.17) is 4.74 Å². The largest absolute Gasteiger partial charge is 0.497 e. The summed E-state index contributed by atoms with van der Waals surface area (Å²) in [7, 11) is 1.66. The summed E-state index contributed by atoms with van der Waals surface area (Å²) >= 11 is 0. The van der Waals surface area contributed by atoms with E-state index < -0.39 is 0 Å². The first-order chi connectivity index (χ1) is 9.27. The average molecular weight is 256 g/mol. The first-order valence-corrected chi connectivity index (χ1v) is 6.91. The van der Waals surface area contributed by atoms with Crippen LogP contribution in [0.3, 0.4) is 0 Å². The van der Waals surface area contributed by atoms with Crippen LogP contribution in [-0.2, 0) is 6.42 Å². The van der Waals surface area contributed by atoms with Crippen molar-refractivity contribution < 1.29 is 4.74 Å². The van der Waals surface area contributed by atoms with E-state index in [1.165, 1.54) is 30.4 Å². The Hall–Kier alpha value is -1.76. The predicted octanol–water partition coefficient (Wildman–Crippen LogP) is 5.03. The highest BCUT2D eigenvalue weighted by molar-refractivity contribution is 5.25. The molecular formula is C18H24O. The number of rotatable bonds is 4. The van der Waals surface area contributed by atoms with Crippen LogP contribution in [0.4, 0.5) is 0 Å². The third-order valence-electron chi connectivity index (χ3n) is 3.04. The minimum atomic E-state index is 0.910. The van der Waals surface area contributed by atoms with Crippen molar-refractivity contribution in [2.45, 2.75) is 33.1 Å². The Labute approximate surface area is 117 Å². The molecule has 2 aromatic rings. The molecule has 0 unspecified atom stereocenters. The molecule has 0 radical (unpaired) electrons. The molecule has 0 aliphatic heterocycles. The van der Waals surface area contributed by atoms with Gasteiger partial charge in [0.15, 0.2) is 0 Å². The lowest BCUT2D eigenvalue weighted by atomic mass is 10.0. The molecule has 0 spiro atoms. The number of unbranched alkanes of at least 4 members (excludes halogenated alkanes) is 1. The molecule has 0 atom stereocenters. The van der Waals surface area contributed by atoms with E-state index in [0.717, 1.165) is 5.75 Å². The normalized spacial score (nSPS) is 9.42. The molecule has 0 bridgehead atoms. The Kier molecular flexibility index (Phi) is 7.41. The van der Waals surface area contributed by atoms with Crippen LogP contribution in [0, 0.1) is 6.92 Å². The summed E-state index contributed by atoms with van der Waals surface area (Å²) in [5.41, 5.74) is 2.94. The van der Waals surface area contributed by atoms with Crippen LogP contribution < -0.4 is 4.74 Å². The molecule has 0 aromatic heterocycles.